The number of rotatable bonds is 5. The van der Waals surface area contributed by atoms with Crippen molar-refractivity contribution in [1.82, 2.24) is 19.3 Å². The minimum atomic E-state index is -4.37. The van der Waals surface area contributed by atoms with Gasteiger partial charge in [-0.1, -0.05) is 29.3 Å². The molecular formula is C19H19Cl2FN4O4S. The Hall–Kier alpha value is -2.43. The first kappa shape index (κ1) is 23.2. The second kappa shape index (κ2) is 8.25. The molecule has 3 aromatic rings. The molecule has 0 aliphatic carbocycles. The average Bonchev–Trinajstić information content (AvgIpc) is 2.85. The van der Waals surface area contributed by atoms with Crippen molar-refractivity contribution in [2.45, 2.75) is 45.1 Å². The van der Waals surface area contributed by atoms with Crippen LogP contribution in [0.15, 0.2) is 17.0 Å². The number of nitrogens with one attached hydrogen (secondary N) is 1. The second-order valence-electron chi connectivity index (χ2n) is 7.29. The fourth-order valence-electron chi connectivity index (χ4n) is 3.74. The predicted octanol–water partition coefficient (Wildman–Crippen LogP) is 4.24. The van der Waals surface area contributed by atoms with Gasteiger partial charge in [-0.25, -0.2) is 26.6 Å². The zero-order chi connectivity index (χ0) is 23.2. The van der Waals surface area contributed by atoms with E-state index in [1.54, 1.807) is 26.0 Å². The van der Waals surface area contributed by atoms with E-state index in [1.807, 2.05) is 6.92 Å². The number of hydrogen-bond donors (Lipinski definition) is 2. The van der Waals surface area contributed by atoms with Gasteiger partial charge in [0.1, 0.15) is 5.15 Å². The Morgan fingerprint density at radius 3 is 2.35 bits per heavy atom. The maximum Gasteiger partial charge on any atom is 0.404 e. The fourth-order valence-corrected chi connectivity index (χ4v) is 6.12. The molecule has 0 spiro atoms. The summed E-state index contributed by atoms with van der Waals surface area (Å²) in [6.45, 7) is 6.58. The Morgan fingerprint density at radius 2 is 1.81 bits per heavy atom. The molecule has 3 rings (SSSR count). The Kier molecular flexibility index (Phi) is 6.18. The molecule has 1 aromatic carbocycles. The highest BCUT2D eigenvalue weighted by Gasteiger charge is 2.33. The Bertz CT molecular complexity index is 1300. The van der Waals surface area contributed by atoms with Crippen LogP contribution in [0.2, 0.25) is 10.4 Å². The van der Waals surface area contributed by atoms with E-state index in [1.165, 1.54) is 6.92 Å². The van der Waals surface area contributed by atoms with Gasteiger partial charge >= 0.3 is 6.09 Å². The van der Waals surface area contributed by atoms with Gasteiger partial charge in [0.05, 0.1) is 16.0 Å². The van der Waals surface area contributed by atoms with E-state index in [0.29, 0.717) is 11.1 Å². The number of halogens is 3. The number of carboxylic acid groups (broad SMARTS) is 1. The molecule has 0 saturated carbocycles. The molecule has 2 N–H and O–H groups in total. The maximum absolute atomic E-state index is 15.4. The molecule has 1 unspecified atom stereocenters. The smallest absolute Gasteiger partial charge is 0.404 e. The third-order valence-corrected chi connectivity index (χ3v) is 7.18. The molecule has 1 atom stereocenters. The van der Waals surface area contributed by atoms with E-state index in [4.69, 9.17) is 28.3 Å². The van der Waals surface area contributed by atoms with Crippen LogP contribution in [0.25, 0.3) is 11.0 Å². The lowest BCUT2D eigenvalue weighted by Gasteiger charge is -2.17. The summed E-state index contributed by atoms with van der Waals surface area (Å²) >= 11 is 11.9. The molecule has 0 bridgehead atoms. The van der Waals surface area contributed by atoms with Gasteiger partial charge in [0.15, 0.2) is 11.5 Å². The summed E-state index contributed by atoms with van der Waals surface area (Å²) in [6, 6.07) is 2.59. The number of fused-ring (bicyclic) bond motifs is 1. The minimum absolute atomic E-state index is 0.0130. The number of nitrogens with zero attached hydrogens (tertiary/aromatic N) is 3. The Balaban J connectivity index is 2.40. The Labute approximate surface area is 188 Å². The molecule has 12 heteroatoms. The highest BCUT2D eigenvalue weighted by atomic mass is 35.5. The van der Waals surface area contributed by atoms with E-state index >= 15 is 4.39 Å². The molecule has 0 radical (unpaired) electrons. The number of carbonyl (C=O) groups is 1. The average molecular weight is 489 g/mol. The van der Waals surface area contributed by atoms with Gasteiger partial charge in [0.2, 0.25) is 5.28 Å². The van der Waals surface area contributed by atoms with Crippen molar-refractivity contribution in [3.05, 3.63) is 50.8 Å². The molecule has 31 heavy (non-hydrogen) atoms. The van der Waals surface area contributed by atoms with Crippen LogP contribution in [0.1, 0.15) is 29.3 Å². The summed E-state index contributed by atoms with van der Waals surface area (Å²) in [5.74, 6) is -0.957. The lowest BCUT2D eigenvalue weighted by Crippen LogP contribution is -2.34. The molecule has 2 heterocycles. The summed E-state index contributed by atoms with van der Waals surface area (Å²) < 4.78 is 43.7. The normalized spacial score (nSPS) is 12.9. The number of aryl methyl sites for hydroxylation is 3. The zero-order valence-corrected chi connectivity index (χ0v) is 19.3. The largest absolute Gasteiger partial charge is 0.465 e. The van der Waals surface area contributed by atoms with Crippen LogP contribution in [0.5, 0.6) is 0 Å². The Morgan fingerprint density at radius 1 is 1.23 bits per heavy atom. The molecule has 0 saturated heterocycles. The lowest BCUT2D eigenvalue weighted by molar-refractivity contribution is 0.190. The summed E-state index contributed by atoms with van der Waals surface area (Å²) in [6.07, 6.45) is -1.62. The predicted molar refractivity (Wildman–Crippen MR) is 115 cm³/mol. The second-order valence-corrected chi connectivity index (χ2v) is 9.71. The van der Waals surface area contributed by atoms with Gasteiger partial charge < -0.3 is 10.4 Å². The van der Waals surface area contributed by atoms with Crippen molar-refractivity contribution < 1.29 is 22.7 Å². The first-order chi connectivity index (χ1) is 14.3. The van der Waals surface area contributed by atoms with Gasteiger partial charge in [-0.2, -0.15) is 4.98 Å². The van der Waals surface area contributed by atoms with Crippen molar-refractivity contribution in [3.63, 3.8) is 0 Å². The SMILES string of the molecule is Cc1cc(C)c(S(=O)(=O)n2c(CC(C)NC(=O)O)c(F)c3c(Cl)nc(Cl)nc32)c(C)c1. The van der Waals surface area contributed by atoms with Crippen molar-refractivity contribution >= 4 is 50.4 Å². The molecular weight excluding hydrogens is 470 g/mol. The van der Waals surface area contributed by atoms with Crippen molar-refractivity contribution in [3.8, 4) is 0 Å². The summed E-state index contributed by atoms with van der Waals surface area (Å²) in [5.41, 5.74) is 1.17. The highest BCUT2D eigenvalue weighted by Crippen LogP contribution is 2.35. The summed E-state index contributed by atoms with van der Waals surface area (Å²) in [4.78, 5) is 18.6. The number of aromatic nitrogens is 3. The van der Waals surface area contributed by atoms with Crippen LogP contribution in [0.3, 0.4) is 0 Å². The standard InChI is InChI=1S/C19H19Cl2FN4O4S/c1-8-5-9(2)15(10(3)6-8)31(29,30)26-12(7-11(4)23-19(27)28)14(22)13-16(20)24-18(21)25-17(13)26/h5-6,11,23H,7H2,1-4H3,(H,27,28). The maximum atomic E-state index is 15.4. The van der Waals surface area contributed by atoms with Crippen LogP contribution in [0, 0.1) is 26.6 Å². The third kappa shape index (κ3) is 4.19. The molecule has 8 nitrogen and oxygen atoms in total. The first-order valence-electron chi connectivity index (χ1n) is 9.09. The third-order valence-electron chi connectivity index (χ3n) is 4.70. The van der Waals surface area contributed by atoms with E-state index in [-0.39, 0.29) is 38.5 Å². The van der Waals surface area contributed by atoms with Crippen molar-refractivity contribution in [2.24, 2.45) is 0 Å². The van der Waals surface area contributed by atoms with E-state index in [2.05, 4.69) is 15.3 Å². The fraction of sp³-hybridized carbons (Fsp3) is 0.316. The summed E-state index contributed by atoms with van der Waals surface area (Å²) in [5, 5.41) is 10.1. The van der Waals surface area contributed by atoms with Gasteiger partial charge in [-0.05, 0) is 50.4 Å². The van der Waals surface area contributed by atoms with Gasteiger partial charge in [-0.15, -0.1) is 0 Å². The van der Waals surface area contributed by atoms with Crippen molar-refractivity contribution in [2.75, 3.05) is 0 Å². The lowest BCUT2D eigenvalue weighted by atomic mass is 10.1. The van der Waals surface area contributed by atoms with Crippen LogP contribution in [-0.4, -0.2) is 39.6 Å². The van der Waals surface area contributed by atoms with Crippen molar-refractivity contribution in [1.29, 1.82) is 0 Å². The van der Waals surface area contributed by atoms with E-state index < -0.39 is 28.0 Å². The zero-order valence-electron chi connectivity index (χ0n) is 17.0. The number of benzene rings is 1. The molecule has 1 amide bonds. The van der Waals surface area contributed by atoms with Crippen LogP contribution in [-0.2, 0) is 16.4 Å². The van der Waals surface area contributed by atoms with Crippen LogP contribution in [0.4, 0.5) is 9.18 Å². The van der Waals surface area contributed by atoms with Gasteiger partial charge in [-0.3, -0.25) is 0 Å². The highest BCUT2D eigenvalue weighted by molar-refractivity contribution is 7.90. The first-order valence-corrected chi connectivity index (χ1v) is 11.3. The quantitative estimate of drug-likeness (QED) is 0.410. The molecule has 0 fully saturated rings. The van der Waals surface area contributed by atoms with Gasteiger partial charge in [0, 0.05) is 12.5 Å². The topological polar surface area (TPSA) is 114 Å². The van der Waals surface area contributed by atoms with Crippen LogP contribution >= 0.6 is 23.2 Å². The van der Waals surface area contributed by atoms with Crippen LogP contribution < -0.4 is 5.32 Å². The molecule has 0 aliphatic heterocycles. The number of hydrogen-bond acceptors (Lipinski definition) is 5. The van der Waals surface area contributed by atoms with E-state index in [9.17, 15) is 13.2 Å². The molecule has 2 aromatic heterocycles. The van der Waals surface area contributed by atoms with E-state index in [0.717, 1.165) is 9.54 Å². The van der Waals surface area contributed by atoms with Gasteiger partial charge in [0.25, 0.3) is 10.0 Å². The minimum Gasteiger partial charge on any atom is -0.465 e. The summed E-state index contributed by atoms with van der Waals surface area (Å²) in [7, 11) is -4.37. The monoisotopic (exact) mass is 488 g/mol. The molecule has 166 valence electrons. The number of amides is 1. The molecule has 0 aliphatic rings.